The van der Waals surface area contributed by atoms with Gasteiger partial charge in [0.2, 0.25) is 0 Å². The Morgan fingerprint density at radius 2 is 1.67 bits per heavy atom. The van der Waals surface area contributed by atoms with E-state index in [0.29, 0.717) is 5.56 Å². The van der Waals surface area contributed by atoms with E-state index in [9.17, 15) is 4.39 Å². The summed E-state index contributed by atoms with van der Waals surface area (Å²) >= 11 is 1.56. The van der Waals surface area contributed by atoms with Crippen molar-refractivity contribution in [3.05, 3.63) is 59.4 Å². The second-order valence-electron chi connectivity index (χ2n) is 6.32. The number of hydrogen-bond acceptors (Lipinski definition) is 2. The first-order valence-corrected chi connectivity index (χ1v) is 7.93. The van der Waals surface area contributed by atoms with Crippen LogP contribution in [0.1, 0.15) is 44.9 Å². The minimum absolute atomic E-state index is 0.138. The molecular weight excluding hydrogens is 281 g/mol. The van der Waals surface area contributed by atoms with Crippen LogP contribution in [0.25, 0.3) is 0 Å². The highest BCUT2D eigenvalue weighted by molar-refractivity contribution is 7.99. The molecule has 2 aromatic rings. The van der Waals surface area contributed by atoms with Gasteiger partial charge in [-0.3, -0.25) is 0 Å². The molecule has 0 spiro atoms. The fourth-order valence-electron chi connectivity index (χ4n) is 2.20. The average Bonchev–Trinajstić information content (AvgIpc) is 2.38. The molecule has 112 valence electrons. The van der Waals surface area contributed by atoms with Gasteiger partial charge in [0.1, 0.15) is 5.82 Å². The number of halogens is 1. The highest BCUT2D eigenvalue weighted by Crippen LogP contribution is 2.35. The minimum atomic E-state index is -0.317. The lowest BCUT2D eigenvalue weighted by Gasteiger charge is -2.19. The molecule has 21 heavy (non-hydrogen) atoms. The Morgan fingerprint density at radius 1 is 1.05 bits per heavy atom. The van der Waals surface area contributed by atoms with Gasteiger partial charge in [-0.25, -0.2) is 4.39 Å². The maximum absolute atomic E-state index is 13.9. The summed E-state index contributed by atoms with van der Waals surface area (Å²) in [5.74, 6) is -0.235. The number of hydrogen-bond donors (Lipinski definition) is 1. The molecule has 1 nitrogen and oxygen atoms in total. The van der Waals surface area contributed by atoms with Gasteiger partial charge in [-0.15, -0.1) is 0 Å². The van der Waals surface area contributed by atoms with E-state index < -0.39 is 0 Å². The third-order valence-electron chi connectivity index (χ3n) is 3.42. The van der Waals surface area contributed by atoms with Crippen LogP contribution in [0.15, 0.2) is 52.3 Å². The highest BCUT2D eigenvalue weighted by atomic mass is 32.2. The van der Waals surface area contributed by atoms with Gasteiger partial charge in [-0.1, -0.05) is 50.7 Å². The smallest absolute Gasteiger partial charge is 0.129 e. The maximum atomic E-state index is 13.9. The van der Waals surface area contributed by atoms with E-state index in [1.807, 2.05) is 13.0 Å². The van der Waals surface area contributed by atoms with E-state index in [1.54, 1.807) is 17.8 Å². The summed E-state index contributed by atoms with van der Waals surface area (Å²) in [7, 11) is 0. The Kier molecular flexibility index (Phi) is 4.74. The van der Waals surface area contributed by atoms with Gasteiger partial charge < -0.3 is 5.73 Å². The van der Waals surface area contributed by atoms with E-state index in [4.69, 9.17) is 5.73 Å². The molecule has 0 aliphatic carbocycles. The number of rotatable bonds is 3. The number of benzene rings is 2. The lowest BCUT2D eigenvalue weighted by molar-refractivity contribution is 0.585. The fraction of sp³-hybridized carbons (Fsp3) is 0.333. The summed E-state index contributed by atoms with van der Waals surface area (Å²) in [6, 6.07) is 13.2. The van der Waals surface area contributed by atoms with Crippen LogP contribution in [0.4, 0.5) is 4.39 Å². The van der Waals surface area contributed by atoms with Gasteiger partial charge in [0.15, 0.2) is 0 Å². The lowest BCUT2D eigenvalue weighted by atomic mass is 9.87. The molecule has 0 saturated carbocycles. The largest absolute Gasteiger partial charge is 0.324 e. The molecule has 0 radical (unpaired) electrons. The summed E-state index contributed by atoms with van der Waals surface area (Å²) < 4.78 is 13.9. The molecule has 2 rings (SSSR count). The van der Waals surface area contributed by atoms with Gasteiger partial charge in [-0.05, 0) is 42.2 Å². The van der Waals surface area contributed by atoms with Crippen molar-refractivity contribution in [3.63, 3.8) is 0 Å². The molecule has 1 atom stereocenters. The summed E-state index contributed by atoms with van der Waals surface area (Å²) in [5, 5.41) is 0. The summed E-state index contributed by atoms with van der Waals surface area (Å²) in [5.41, 5.74) is 7.91. The Hall–Kier alpha value is -1.32. The van der Waals surface area contributed by atoms with Crippen LogP contribution in [0, 0.1) is 5.82 Å². The number of nitrogens with two attached hydrogens (primary N) is 1. The zero-order chi connectivity index (χ0) is 15.6. The Bertz CT molecular complexity index is 612. The monoisotopic (exact) mass is 303 g/mol. The van der Waals surface area contributed by atoms with Crippen molar-refractivity contribution in [2.75, 3.05) is 0 Å². The quantitative estimate of drug-likeness (QED) is 0.833. The molecule has 0 amide bonds. The molecule has 0 heterocycles. The topological polar surface area (TPSA) is 26.0 Å². The Labute approximate surface area is 130 Å². The van der Waals surface area contributed by atoms with Crippen LogP contribution in [0.5, 0.6) is 0 Å². The zero-order valence-electron chi connectivity index (χ0n) is 13.0. The van der Waals surface area contributed by atoms with E-state index >= 15 is 0 Å². The zero-order valence-corrected chi connectivity index (χ0v) is 13.8. The van der Waals surface area contributed by atoms with Crippen molar-refractivity contribution in [2.24, 2.45) is 5.73 Å². The summed E-state index contributed by atoms with van der Waals surface area (Å²) in [6.45, 7) is 8.38. The molecule has 0 saturated heterocycles. The molecule has 0 fully saturated rings. The third-order valence-corrected chi connectivity index (χ3v) is 4.50. The van der Waals surface area contributed by atoms with Crippen LogP contribution in [0.2, 0.25) is 0 Å². The first-order valence-electron chi connectivity index (χ1n) is 7.11. The van der Waals surface area contributed by atoms with Crippen molar-refractivity contribution in [3.8, 4) is 0 Å². The van der Waals surface area contributed by atoms with Gasteiger partial charge in [0, 0.05) is 21.4 Å². The second-order valence-corrected chi connectivity index (χ2v) is 7.43. The normalized spacial score (nSPS) is 13.2. The van der Waals surface area contributed by atoms with Crippen molar-refractivity contribution in [1.29, 1.82) is 0 Å². The van der Waals surface area contributed by atoms with E-state index in [-0.39, 0.29) is 17.3 Å². The molecule has 2 aromatic carbocycles. The highest BCUT2D eigenvalue weighted by Gasteiger charge is 2.15. The van der Waals surface area contributed by atoms with E-state index in [0.717, 1.165) is 9.79 Å². The van der Waals surface area contributed by atoms with Gasteiger partial charge in [-0.2, -0.15) is 0 Å². The molecule has 1 unspecified atom stereocenters. The van der Waals surface area contributed by atoms with Crippen molar-refractivity contribution in [1.82, 2.24) is 0 Å². The van der Waals surface area contributed by atoms with Crippen molar-refractivity contribution < 1.29 is 4.39 Å². The molecular formula is C18H22FNS. The molecule has 0 bridgehead atoms. The summed E-state index contributed by atoms with van der Waals surface area (Å²) in [6.07, 6.45) is 0. The Balaban J connectivity index is 2.29. The third kappa shape index (κ3) is 3.86. The van der Waals surface area contributed by atoms with Crippen LogP contribution >= 0.6 is 11.8 Å². The van der Waals surface area contributed by atoms with Gasteiger partial charge >= 0.3 is 0 Å². The molecule has 3 heteroatoms. The fourth-order valence-corrected chi connectivity index (χ4v) is 3.26. The Morgan fingerprint density at radius 3 is 2.19 bits per heavy atom. The van der Waals surface area contributed by atoms with E-state index in [2.05, 4.69) is 45.0 Å². The minimum Gasteiger partial charge on any atom is -0.324 e. The van der Waals surface area contributed by atoms with Crippen LogP contribution < -0.4 is 5.73 Å². The lowest BCUT2D eigenvalue weighted by Crippen LogP contribution is -2.10. The second kappa shape index (κ2) is 6.20. The average molecular weight is 303 g/mol. The van der Waals surface area contributed by atoms with Gasteiger partial charge in [0.25, 0.3) is 0 Å². The standard InChI is InChI=1S/C18H22FNS/c1-12(20)17-15(19)6-5-7-16(17)21-14-10-8-13(9-11-14)18(2,3)4/h5-12H,20H2,1-4H3. The predicted molar refractivity (Wildman–Crippen MR) is 88.3 cm³/mol. The first-order chi connectivity index (χ1) is 9.79. The van der Waals surface area contributed by atoms with E-state index in [1.165, 1.54) is 11.6 Å². The van der Waals surface area contributed by atoms with Crippen LogP contribution in [-0.4, -0.2) is 0 Å². The predicted octanol–water partition coefficient (Wildman–Crippen LogP) is 5.29. The van der Waals surface area contributed by atoms with Crippen molar-refractivity contribution >= 4 is 11.8 Å². The maximum Gasteiger partial charge on any atom is 0.129 e. The first kappa shape index (κ1) is 16.1. The van der Waals surface area contributed by atoms with Crippen LogP contribution in [-0.2, 0) is 5.41 Å². The summed E-state index contributed by atoms with van der Waals surface area (Å²) in [4.78, 5) is 1.98. The molecule has 0 aliphatic heterocycles. The molecule has 0 aliphatic rings. The van der Waals surface area contributed by atoms with Gasteiger partial charge in [0.05, 0.1) is 0 Å². The SMILES string of the molecule is CC(N)c1c(F)cccc1Sc1ccc(C(C)(C)C)cc1. The molecule has 0 aromatic heterocycles. The van der Waals surface area contributed by atoms with Crippen molar-refractivity contribution in [2.45, 2.75) is 48.9 Å². The van der Waals surface area contributed by atoms with Crippen LogP contribution in [0.3, 0.4) is 0 Å². The molecule has 2 N–H and O–H groups in total.